The molecule has 0 bridgehead atoms. The first-order valence-corrected chi connectivity index (χ1v) is 22.2. The summed E-state index contributed by atoms with van der Waals surface area (Å²) in [7, 11) is 9.30. The number of likely N-dealkylation sites (N-methyl/N-ethyl adjacent to an activating group) is 1. The molecule has 2 fully saturated rings. The van der Waals surface area contributed by atoms with Crippen molar-refractivity contribution in [2.45, 2.75) is 85.6 Å². The lowest BCUT2D eigenvalue weighted by Crippen LogP contribution is -2.81. The van der Waals surface area contributed by atoms with Gasteiger partial charge in [0.1, 0.15) is 5.75 Å². The Morgan fingerprint density at radius 3 is 2.40 bits per heavy atom. The molecule has 0 unspecified atom stereocenters. The van der Waals surface area contributed by atoms with Crippen molar-refractivity contribution < 1.29 is 47.9 Å². The molecule has 5 aliphatic rings. The van der Waals surface area contributed by atoms with E-state index in [0.717, 1.165) is 22.4 Å². The average Bonchev–Trinajstić information content (AvgIpc) is 3.68. The second-order valence-corrected chi connectivity index (χ2v) is 17.6. The van der Waals surface area contributed by atoms with Crippen LogP contribution in [-0.4, -0.2) is 114 Å². The van der Waals surface area contributed by atoms with Crippen LogP contribution < -0.4 is 34.6 Å². The van der Waals surface area contributed by atoms with Crippen LogP contribution in [0.2, 0.25) is 0 Å². The lowest BCUT2D eigenvalue weighted by Gasteiger charge is -2.63. The molecule has 8 rings (SSSR count). The van der Waals surface area contributed by atoms with Gasteiger partial charge in [-0.05, 0) is 85.0 Å². The lowest BCUT2D eigenvalue weighted by molar-refractivity contribution is -0.229. The number of rotatable bonds is 12. The number of benzene rings is 2. The number of anilines is 1. The topological polar surface area (TPSA) is 162 Å². The summed E-state index contributed by atoms with van der Waals surface area (Å²) in [5.41, 5.74) is 0.488. The van der Waals surface area contributed by atoms with Gasteiger partial charge in [-0.1, -0.05) is 31.2 Å². The normalized spacial score (nSPS) is 27.7. The van der Waals surface area contributed by atoms with Gasteiger partial charge in [0.2, 0.25) is 17.3 Å². The summed E-state index contributed by atoms with van der Waals surface area (Å²) in [6.45, 7) is 3.36. The van der Waals surface area contributed by atoms with Gasteiger partial charge in [0, 0.05) is 54.2 Å². The van der Waals surface area contributed by atoms with E-state index in [1.807, 2.05) is 67.6 Å². The molecule has 0 radical (unpaired) electrons. The molecule has 3 heterocycles. The Morgan fingerprint density at radius 1 is 0.952 bits per heavy atom. The fourth-order valence-electron chi connectivity index (χ4n) is 11.8. The maximum atomic E-state index is 14.3. The van der Waals surface area contributed by atoms with E-state index < -0.39 is 52.5 Å². The highest BCUT2D eigenvalue weighted by Crippen LogP contribution is 2.67. The van der Waals surface area contributed by atoms with Crippen molar-refractivity contribution >= 4 is 35.3 Å². The van der Waals surface area contributed by atoms with Crippen molar-refractivity contribution in [2.75, 3.05) is 66.8 Å². The van der Waals surface area contributed by atoms with E-state index in [0.29, 0.717) is 77.8 Å². The highest BCUT2D eigenvalue weighted by atomic mass is 32.2. The predicted octanol–water partition coefficient (Wildman–Crippen LogP) is 4.98. The minimum absolute atomic E-state index is 0.198. The van der Waals surface area contributed by atoms with Gasteiger partial charge in [0.15, 0.2) is 23.0 Å². The number of fused-ring (bicyclic) bond motifs is 4. The number of thioether (sulfide) groups is 1. The van der Waals surface area contributed by atoms with E-state index in [9.17, 15) is 24.3 Å². The van der Waals surface area contributed by atoms with Crippen LogP contribution in [0.15, 0.2) is 64.3 Å². The first kappa shape index (κ1) is 43.4. The maximum absolute atomic E-state index is 14.3. The molecule has 1 spiro atoms. The Bertz CT molecular complexity index is 2410. The van der Waals surface area contributed by atoms with E-state index in [2.05, 4.69) is 10.2 Å². The zero-order chi connectivity index (χ0) is 44.3. The molecule has 3 aliphatic heterocycles. The van der Waals surface area contributed by atoms with Gasteiger partial charge in [0.25, 0.3) is 0 Å². The third kappa shape index (κ3) is 6.28. The zero-order valence-electron chi connectivity index (χ0n) is 36.5. The highest BCUT2D eigenvalue weighted by molar-refractivity contribution is 7.98. The van der Waals surface area contributed by atoms with Gasteiger partial charge in [-0.25, -0.2) is 4.79 Å². The first-order valence-electron chi connectivity index (χ1n) is 21.0. The Balaban J connectivity index is 1.10. The van der Waals surface area contributed by atoms with Crippen LogP contribution >= 0.6 is 11.8 Å². The number of nitrogens with one attached hydrogen (secondary N) is 1. The zero-order valence-corrected chi connectivity index (χ0v) is 37.3. The third-order valence-corrected chi connectivity index (χ3v) is 15.0. The van der Waals surface area contributed by atoms with E-state index in [4.69, 9.17) is 28.4 Å². The molecule has 3 aromatic rings. The SMILES string of the molecule is CC[C@]12C=CCN3CC[C@@]4(c5ccc(OC)cc5N(C)[C@H]4[C@@](O)(C(=O)OC)[C@@H]1OC(=O)CCC(=O)N[C@H]1CCc4cc(OC)c(OC)c(OC)c4-c4ccc(SC)c(=O)cc41)[C@@H]32. The summed E-state index contributed by atoms with van der Waals surface area (Å²) < 4.78 is 34.7. The molecule has 3 aromatic carbocycles. The number of ether oxygens (including phenoxy) is 6. The molecule has 2 aliphatic carbocycles. The second-order valence-electron chi connectivity index (χ2n) is 16.8. The number of aliphatic hydroxyl groups is 1. The van der Waals surface area contributed by atoms with E-state index in [1.165, 1.54) is 26.0 Å². The molecular formula is C47H55N3O11S. The summed E-state index contributed by atoms with van der Waals surface area (Å²) in [6, 6.07) is 11.2. The van der Waals surface area contributed by atoms with E-state index >= 15 is 0 Å². The number of nitrogens with zero attached hydrogens (tertiary/aromatic N) is 2. The first-order chi connectivity index (χ1) is 29.8. The number of aryl methyl sites for hydroxylation is 1. The van der Waals surface area contributed by atoms with E-state index in [-0.39, 0.29) is 24.3 Å². The highest BCUT2D eigenvalue weighted by Gasteiger charge is 2.80. The summed E-state index contributed by atoms with van der Waals surface area (Å²) in [5.74, 6) is -0.111. The van der Waals surface area contributed by atoms with Crippen molar-refractivity contribution in [2.24, 2.45) is 5.41 Å². The van der Waals surface area contributed by atoms with Gasteiger partial charge in [0.05, 0.1) is 58.9 Å². The van der Waals surface area contributed by atoms with Crippen molar-refractivity contribution in [3.63, 3.8) is 0 Å². The number of esters is 2. The molecule has 1 saturated carbocycles. The van der Waals surface area contributed by atoms with Crippen LogP contribution in [-0.2, 0) is 35.7 Å². The maximum Gasteiger partial charge on any atom is 0.344 e. The quantitative estimate of drug-likeness (QED) is 0.142. The molecule has 62 heavy (non-hydrogen) atoms. The minimum Gasteiger partial charge on any atom is -0.497 e. The van der Waals surface area contributed by atoms with Crippen molar-refractivity contribution in [3.05, 3.63) is 81.5 Å². The molecule has 1 saturated heterocycles. The van der Waals surface area contributed by atoms with Gasteiger partial charge in [-0.2, -0.15) is 0 Å². The number of carbonyl (C=O) groups excluding carboxylic acids is 3. The molecule has 7 atom stereocenters. The number of hydrogen-bond donors (Lipinski definition) is 2. The van der Waals surface area contributed by atoms with Crippen molar-refractivity contribution in [1.29, 1.82) is 0 Å². The van der Waals surface area contributed by atoms with Gasteiger partial charge < -0.3 is 43.7 Å². The Labute approximate surface area is 365 Å². The fourth-order valence-corrected chi connectivity index (χ4v) is 12.3. The molecule has 2 N–H and O–H groups in total. The van der Waals surface area contributed by atoms with Crippen LogP contribution in [0.5, 0.6) is 23.0 Å². The Morgan fingerprint density at radius 2 is 1.73 bits per heavy atom. The summed E-state index contributed by atoms with van der Waals surface area (Å²) in [4.78, 5) is 60.8. The monoisotopic (exact) mass is 869 g/mol. The molecule has 330 valence electrons. The van der Waals surface area contributed by atoms with Gasteiger partial charge in [-0.3, -0.25) is 19.3 Å². The summed E-state index contributed by atoms with van der Waals surface area (Å²) in [5, 5.41) is 16.3. The number of amides is 1. The fraction of sp³-hybridized carbons (Fsp3) is 0.489. The summed E-state index contributed by atoms with van der Waals surface area (Å²) in [6.07, 6.45) is 5.94. The standard InChI is InChI=1S/C47H55N3O11S/c1-9-45-19-10-21-50-22-20-46(41(45)50)30-14-12-27(56-3)24-32(30)49(2)42(46)47(55,44(54)60-7)43(45)61-37(53)18-17-36(52)48-31-15-11-26-23-34(57-4)39(58-5)40(59-6)38(26)28-13-16-35(62-8)33(51)25-29(28)31/h10,12-14,16,19,23-25,31,41-43,55H,9,11,15,17-18,20-22H2,1-8H3,(H,48,52)/t31-,41-,42+,43+,45+,46+,47-/m0/s1. The second kappa shape index (κ2) is 16.5. The van der Waals surface area contributed by atoms with Gasteiger partial charge >= 0.3 is 11.9 Å². The molecule has 0 aromatic heterocycles. The number of methoxy groups -OCH3 is 5. The van der Waals surface area contributed by atoms with E-state index in [1.54, 1.807) is 33.5 Å². The minimum atomic E-state index is -2.31. The number of hydrogen-bond acceptors (Lipinski definition) is 14. The van der Waals surface area contributed by atoms with Gasteiger partial charge in [-0.15, -0.1) is 11.8 Å². The molecule has 1 amide bonds. The van der Waals surface area contributed by atoms with Crippen LogP contribution in [0.3, 0.4) is 0 Å². The van der Waals surface area contributed by atoms with Crippen LogP contribution in [0, 0.1) is 5.41 Å². The molecule has 14 nitrogen and oxygen atoms in total. The summed E-state index contributed by atoms with van der Waals surface area (Å²) >= 11 is 1.33. The third-order valence-electron chi connectivity index (χ3n) is 14.2. The van der Waals surface area contributed by atoms with Crippen molar-refractivity contribution in [1.82, 2.24) is 10.2 Å². The van der Waals surface area contributed by atoms with Crippen molar-refractivity contribution in [3.8, 4) is 34.1 Å². The molecular weight excluding hydrogens is 815 g/mol. The number of carbonyl (C=O) groups is 3. The Kier molecular flexibility index (Phi) is 11.5. The van der Waals surface area contributed by atoms with Crippen LogP contribution in [0.25, 0.3) is 11.1 Å². The Hall–Kier alpha value is -5.25. The van der Waals surface area contributed by atoms with Crippen LogP contribution in [0.1, 0.15) is 61.8 Å². The smallest absolute Gasteiger partial charge is 0.344 e. The molecule has 15 heteroatoms. The van der Waals surface area contributed by atoms with Crippen LogP contribution in [0.4, 0.5) is 5.69 Å². The predicted molar refractivity (Wildman–Crippen MR) is 234 cm³/mol. The largest absolute Gasteiger partial charge is 0.497 e. The lowest BCUT2D eigenvalue weighted by atomic mass is 9.47. The average molecular weight is 870 g/mol.